The Balaban J connectivity index is 1.26. The van der Waals surface area contributed by atoms with Crippen molar-refractivity contribution in [2.45, 2.75) is 167 Å². The largest absolute Gasteiger partial charge is 0.478 e. The molecule has 4 aliphatic carbocycles. The first kappa shape index (κ1) is 62.9. The van der Waals surface area contributed by atoms with Crippen LogP contribution in [-0.2, 0) is 80.9 Å². The summed E-state index contributed by atoms with van der Waals surface area (Å²) in [5.41, 5.74) is 0.547. The van der Waals surface area contributed by atoms with Crippen molar-refractivity contribution in [1.82, 2.24) is 0 Å². The molecule has 0 spiro atoms. The van der Waals surface area contributed by atoms with Crippen LogP contribution in [0.15, 0.2) is 34.9 Å². The average molecular weight is 1190 g/mol. The van der Waals surface area contributed by atoms with Crippen molar-refractivity contribution in [2.24, 2.45) is 39.9 Å². The van der Waals surface area contributed by atoms with Crippen molar-refractivity contribution in [2.75, 3.05) is 42.6 Å². The molecule has 5 fully saturated rings. The maximum absolute atomic E-state index is 13.0. The summed E-state index contributed by atoms with van der Waals surface area (Å²) in [5, 5.41) is 23.2. The zero-order valence-electron chi connectivity index (χ0n) is 44.2. The average Bonchev–Trinajstić information content (AvgIpc) is 3.70. The minimum atomic E-state index is -1.73. The fourth-order valence-corrected chi connectivity index (χ4v) is 14.1. The van der Waals surface area contributed by atoms with Crippen LogP contribution < -0.4 is 0 Å². The normalized spacial score (nSPS) is 37.9. The van der Waals surface area contributed by atoms with Crippen LogP contribution in [0.25, 0.3) is 0 Å². The van der Waals surface area contributed by atoms with Gasteiger partial charge in [-0.2, -0.15) is 0 Å². The number of fused-ring (bicyclic) bond motifs is 5. The lowest BCUT2D eigenvalue weighted by Crippen LogP contribution is -2.65. The molecule has 4 saturated carbocycles. The third-order valence-corrected chi connectivity index (χ3v) is 18.1. The summed E-state index contributed by atoms with van der Waals surface area (Å²) in [4.78, 5) is 88.7. The van der Waals surface area contributed by atoms with E-state index in [1.165, 1.54) is 6.92 Å². The number of aliphatic hydroxyl groups is 1. The van der Waals surface area contributed by atoms with E-state index < -0.39 is 157 Å². The van der Waals surface area contributed by atoms with Crippen molar-refractivity contribution in [3.05, 3.63) is 34.9 Å². The number of ether oxygens (including phenoxy) is 10. The highest BCUT2D eigenvalue weighted by molar-refractivity contribution is 6.27. The van der Waals surface area contributed by atoms with Crippen LogP contribution in [0.1, 0.15) is 99.8 Å². The van der Waals surface area contributed by atoms with Gasteiger partial charge in [-0.25, -0.2) is 4.79 Å². The molecule has 432 valence electrons. The first-order chi connectivity index (χ1) is 36.4. The molecule has 3 unspecified atom stereocenters. The number of halogens is 5. The second-order valence-corrected chi connectivity index (χ2v) is 23.1. The minimum Gasteiger partial charge on any atom is -0.478 e. The van der Waals surface area contributed by atoms with Gasteiger partial charge in [-0.1, -0.05) is 45.4 Å². The predicted octanol–water partition coefficient (Wildman–Crippen LogP) is 7.10. The molecule has 6 aliphatic rings. The van der Waals surface area contributed by atoms with Crippen LogP contribution >= 0.6 is 58.0 Å². The van der Waals surface area contributed by atoms with Crippen molar-refractivity contribution >= 4 is 99.8 Å². The molecule has 2 heterocycles. The Bertz CT molecular complexity index is 2270. The molecule has 19 nitrogen and oxygen atoms in total. The molecule has 24 heteroatoms. The molecule has 0 bridgehead atoms. The number of hydrogen-bond donors (Lipinski definition) is 2. The maximum atomic E-state index is 13.0. The Labute approximate surface area is 473 Å². The molecular formula is C53H71Cl5O19. The lowest BCUT2D eigenvalue weighted by molar-refractivity contribution is -0.325. The molecule has 2 N–H and O–H groups in total. The Morgan fingerprint density at radius 1 is 0.714 bits per heavy atom. The van der Waals surface area contributed by atoms with Gasteiger partial charge < -0.3 is 57.6 Å². The van der Waals surface area contributed by atoms with E-state index in [-0.39, 0.29) is 47.2 Å². The third-order valence-electron chi connectivity index (χ3n) is 17.0. The van der Waals surface area contributed by atoms with E-state index in [1.807, 2.05) is 19.9 Å². The number of aliphatic carboxylic acids is 1. The number of carbonyl (C=O) groups is 7. The second-order valence-electron chi connectivity index (χ2n) is 21.7. The van der Waals surface area contributed by atoms with Gasteiger partial charge in [-0.3, -0.25) is 28.8 Å². The number of rotatable bonds is 21. The number of carboxylic acids is 1. The molecule has 77 heavy (non-hydrogen) atoms. The van der Waals surface area contributed by atoms with E-state index >= 15 is 0 Å². The molecule has 0 radical (unpaired) electrons. The summed E-state index contributed by atoms with van der Waals surface area (Å²) in [6.07, 6.45) is -4.15. The Morgan fingerprint density at radius 3 is 1.87 bits per heavy atom. The summed E-state index contributed by atoms with van der Waals surface area (Å²) in [6, 6.07) is 0. The summed E-state index contributed by atoms with van der Waals surface area (Å²) in [7, 11) is 0. The fraction of sp³-hybridized carbons (Fsp3) is 0.755. The number of carboxylic acid groups (broad SMARTS) is 1. The Kier molecular flexibility index (Phi) is 22.1. The van der Waals surface area contributed by atoms with E-state index in [4.69, 9.17) is 105 Å². The SMILES string of the molecule is CC(=O)O[C@H]1C[C@@]2(C)[C@@H](CC(O)C3[C@]2(C)CC[C@H]2[C@H](C)[C@H](OC4C=C[C@H](O[C@H]5O[C@H](COC(=O)CCl)[C@@H](OC(=O)CCl)[C@H](OC(=O)CCl)[C@H]5OC(=O)CCl)[C@@H](COC(=O)CCl)O4)CC[C@]32C)/C1=C(/CCC=C(C)C)C(=O)O. The summed E-state index contributed by atoms with van der Waals surface area (Å²) in [6.45, 7) is 13.0. The number of esters is 6. The van der Waals surface area contributed by atoms with E-state index in [1.54, 1.807) is 12.2 Å². The maximum Gasteiger partial charge on any atom is 0.331 e. The minimum absolute atomic E-state index is 0.0672. The number of aliphatic hydroxyl groups excluding tert-OH is 1. The molecule has 0 aromatic rings. The van der Waals surface area contributed by atoms with Crippen LogP contribution in [0.4, 0.5) is 0 Å². The first-order valence-corrected chi connectivity index (χ1v) is 28.5. The van der Waals surface area contributed by atoms with Crippen molar-refractivity contribution in [1.29, 1.82) is 0 Å². The highest BCUT2D eigenvalue weighted by Crippen LogP contribution is 2.74. The Morgan fingerprint density at radius 2 is 1.30 bits per heavy atom. The quantitative estimate of drug-likeness (QED) is 0.0382. The molecule has 0 aromatic heterocycles. The lowest BCUT2D eigenvalue weighted by atomic mass is 9.36. The Hall–Kier alpha value is -3.24. The van der Waals surface area contributed by atoms with Gasteiger partial charge in [0.15, 0.2) is 30.9 Å². The monoisotopic (exact) mass is 1190 g/mol. The van der Waals surface area contributed by atoms with Crippen LogP contribution in [0.5, 0.6) is 0 Å². The van der Waals surface area contributed by atoms with Gasteiger partial charge in [0.25, 0.3) is 0 Å². The standard InChI is InChI=1S/C53H71Cl5O19/c1-26(2)9-8-10-29(49(66)67)44-31-17-32(60)48-51(5)15-14-33(27(3)30(51)13-16-52(48,6)53(31,7)18-35(44)70-28(4)59)71-43-12-11-34(36(72-43)24-68-38(61)19-54)73-50-47(77-42(65)23-58)46(76-41(64)22-57)45(75-40(63)21-56)37(74-50)25-69-39(62)20-55/h9,11-12,27,30-37,43,45-48,50,60H,8,10,13-25H2,1-7H3,(H,66,67)/b44-29+/t27-,30-,31-,32?,33+,34-,35-,36+,37+,43?,45+,46-,47+,48?,50-,51-,52-,53-/m0/s1. The highest BCUT2D eigenvalue weighted by atomic mass is 35.5. The highest BCUT2D eigenvalue weighted by Gasteiger charge is 2.71. The molecule has 0 aromatic carbocycles. The van der Waals surface area contributed by atoms with E-state index in [0.717, 1.165) is 12.0 Å². The predicted molar refractivity (Wildman–Crippen MR) is 278 cm³/mol. The van der Waals surface area contributed by atoms with Gasteiger partial charge >= 0.3 is 41.8 Å². The molecule has 18 atom stereocenters. The van der Waals surface area contributed by atoms with Gasteiger partial charge in [0, 0.05) is 12.5 Å². The summed E-state index contributed by atoms with van der Waals surface area (Å²) < 4.78 is 59.2. The van der Waals surface area contributed by atoms with Crippen molar-refractivity contribution in [3.8, 4) is 0 Å². The van der Waals surface area contributed by atoms with Crippen LogP contribution in [0.3, 0.4) is 0 Å². The van der Waals surface area contributed by atoms with E-state index in [9.17, 15) is 43.8 Å². The molecule has 2 aliphatic heterocycles. The third kappa shape index (κ3) is 13.9. The smallest absolute Gasteiger partial charge is 0.331 e. The second kappa shape index (κ2) is 27.0. The van der Waals surface area contributed by atoms with Gasteiger partial charge in [-0.15, -0.1) is 58.0 Å². The number of hydrogen-bond acceptors (Lipinski definition) is 18. The fourth-order valence-electron chi connectivity index (χ4n) is 13.8. The van der Waals surface area contributed by atoms with Crippen LogP contribution in [-0.4, -0.2) is 162 Å². The van der Waals surface area contributed by atoms with Gasteiger partial charge in [0.2, 0.25) is 0 Å². The lowest BCUT2D eigenvalue weighted by Gasteiger charge is -2.69. The molecule has 6 rings (SSSR count). The number of alkyl halides is 5. The van der Waals surface area contributed by atoms with Crippen molar-refractivity contribution < 1.29 is 91.1 Å². The number of carbonyl (C=O) groups excluding carboxylic acids is 6. The first-order valence-electron chi connectivity index (χ1n) is 25.8. The van der Waals surface area contributed by atoms with Crippen LogP contribution in [0.2, 0.25) is 0 Å². The van der Waals surface area contributed by atoms with E-state index in [2.05, 4.69) is 27.7 Å². The van der Waals surface area contributed by atoms with Crippen LogP contribution in [0, 0.1) is 39.9 Å². The number of allylic oxidation sites excluding steroid dienone is 2. The summed E-state index contributed by atoms with van der Waals surface area (Å²) >= 11 is 28.9. The van der Waals surface area contributed by atoms with Gasteiger partial charge in [-0.05, 0) is 117 Å². The van der Waals surface area contributed by atoms with E-state index in [0.29, 0.717) is 44.1 Å². The van der Waals surface area contributed by atoms with Crippen molar-refractivity contribution in [3.63, 3.8) is 0 Å². The zero-order valence-corrected chi connectivity index (χ0v) is 48.0. The topological polar surface area (TPSA) is 252 Å². The van der Waals surface area contributed by atoms with Gasteiger partial charge in [0.05, 0.1) is 12.2 Å². The molecular weight excluding hydrogens is 1120 g/mol. The molecule has 1 saturated heterocycles. The zero-order chi connectivity index (χ0) is 56.7. The molecule has 0 amide bonds. The van der Waals surface area contributed by atoms with Gasteiger partial charge in [0.1, 0.15) is 67.0 Å². The summed E-state index contributed by atoms with van der Waals surface area (Å²) in [5.74, 6) is -9.92.